The second kappa shape index (κ2) is 8.12. The Morgan fingerprint density at radius 3 is 2.68 bits per heavy atom. The number of nitrogens with one attached hydrogen (secondary N) is 1. The van der Waals surface area contributed by atoms with Crippen molar-refractivity contribution < 1.29 is 14.0 Å². The van der Waals surface area contributed by atoms with Crippen molar-refractivity contribution in [2.45, 2.75) is 5.75 Å². The first-order valence-corrected chi connectivity index (χ1v) is 10.6. The number of carbonyl (C=O) groups excluding carboxylic acids is 2. The molecule has 0 atom stereocenters. The molecule has 0 bridgehead atoms. The first-order valence-electron chi connectivity index (χ1n) is 8.63. The van der Waals surface area contributed by atoms with Crippen LogP contribution in [0, 0.1) is 0 Å². The Hall–Kier alpha value is -2.71. The summed E-state index contributed by atoms with van der Waals surface area (Å²) in [4.78, 5) is 28.5. The largest absolute Gasteiger partial charge is 0.451 e. The van der Waals surface area contributed by atoms with Gasteiger partial charge < -0.3 is 15.5 Å². The molecule has 0 fully saturated rings. The molecule has 1 aliphatic heterocycles. The summed E-state index contributed by atoms with van der Waals surface area (Å²) in [7, 11) is 0. The molecule has 0 aliphatic carbocycles. The van der Waals surface area contributed by atoms with Crippen LogP contribution in [0.15, 0.2) is 57.9 Å². The van der Waals surface area contributed by atoms with Gasteiger partial charge in [0, 0.05) is 33.7 Å². The number of rotatable bonds is 5. The molecule has 0 saturated heterocycles. The molecule has 2 amide bonds. The standard InChI is InChI=1S/C20H17N3O3S2/c21-18(24)12-5-7-13(8-6-12)23-19(25)17-15(11-28-20-22-9-10-27-20)14-3-1-2-4-16(14)26-17/h1-8H,9-11H2,(H2,21,24)(H,23,25). The fourth-order valence-corrected chi connectivity index (χ4v) is 4.90. The molecular weight excluding hydrogens is 394 g/mol. The van der Waals surface area contributed by atoms with E-state index in [1.54, 1.807) is 47.8 Å². The van der Waals surface area contributed by atoms with Crippen LogP contribution in [0.4, 0.5) is 5.69 Å². The van der Waals surface area contributed by atoms with Gasteiger partial charge in [0.1, 0.15) is 9.96 Å². The number of aliphatic imine (C=N–C) groups is 1. The minimum Gasteiger partial charge on any atom is -0.451 e. The van der Waals surface area contributed by atoms with Gasteiger partial charge in [-0.2, -0.15) is 0 Å². The molecule has 0 radical (unpaired) electrons. The highest BCUT2D eigenvalue weighted by Gasteiger charge is 2.22. The maximum Gasteiger partial charge on any atom is 0.291 e. The summed E-state index contributed by atoms with van der Waals surface area (Å²) in [5.74, 6) is 1.05. The summed E-state index contributed by atoms with van der Waals surface area (Å²) in [6.07, 6.45) is 0. The van der Waals surface area contributed by atoms with Gasteiger partial charge in [-0.1, -0.05) is 41.7 Å². The summed E-state index contributed by atoms with van der Waals surface area (Å²) in [5.41, 5.74) is 7.72. The fourth-order valence-electron chi connectivity index (χ4n) is 2.87. The van der Waals surface area contributed by atoms with Gasteiger partial charge in [0.25, 0.3) is 5.91 Å². The zero-order valence-corrected chi connectivity index (χ0v) is 16.4. The van der Waals surface area contributed by atoms with Crippen LogP contribution in [0.25, 0.3) is 11.0 Å². The molecule has 2 aromatic carbocycles. The van der Waals surface area contributed by atoms with Gasteiger partial charge in [0.05, 0.1) is 6.54 Å². The SMILES string of the molecule is NC(=O)c1ccc(NC(=O)c2oc3ccccc3c2CSC2=NCCS2)cc1. The average Bonchev–Trinajstić information content (AvgIpc) is 3.34. The maximum absolute atomic E-state index is 12.9. The van der Waals surface area contributed by atoms with Crippen molar-refractivity contribution in [2.24, 2.45) is 10.7 Å². The number of amides is 2. The normalized spacial score (nSPS) is 13.5. The van der Waals surface area contributed by atoms with E-state index >= 15 is 0 Å². The minimum absolute atomic E-state index is 0.288. The van der Waals surface area contributed by atoms with Gasteiger partial charge in [-0.25, -0.2) is 0 Å². The number of furan rings is 1. The number of thioether (sulfide) groups is 2. The van der Waals surface area contributed by atoms with E-state index in [0.29, 0.717) is 22.6 Å². The molecule has 4 rings (SSSR count). The maximum atomic E-state index is 12.9. The molecule has 0 unspecified atom stereocenters. The Labute approximate surface area is 170 Å². The Kier molecular flexibility index (Phi) is 5.40. The Morgan fingerprint density at radius 1 is 1.18 bits per heavy atom. The van der Waals surface area contributed by atoms with Gasteiger partial charge >= 0.3 is 0 Å². The molecule has 3 aromatic rings. The van der Waals surface area contributed by atoms with E-state index in [-0.39, 0.29) is 11.7 Å². The number of nitrogens with zero attached hydrogens (tertiary/aromatic N) is 1. The third-order valence-corrected chi connectivity index (χ3v) is 6.51. The zero-order valence-electron chi connectivity index (χ0n) is 14.8. The molecule has 8 heteroatoms. The number of anilines is 1. The van der Waals surface area contributed by atoms with Crippen LogP contribution in [-0.2, 0) is 5.75 Å². The quantitative estimate of drug-likeness (QED) is 0.658. The van der Waals surface area contributed by atoms with E-state index in [1.165, 1.54) is 0 Å². The molecule has 0 saturated carbocycles. The van der Waals surface area contributed by atoms with Crippen molar-refractivity contribution in [3.63, 3.8) is 0 Å². The van der Waals surface area contributed by atoms with Crippen LogP contribution < -0.4 is 11.1 Å². The van der Waals surface area contributed by atoms with Crippen LogP contribution in [0.2, 0.25) is 0 Å². The van der Waals surface area contributed by atoms with Gasteiger partial charge in [-0.15, -0.1) is 0 Å². The van der Waals surface area contributed by atoms with E-state index < -0.39 is 5.91 Å². The Bertz CT molecular complexity index is 1070. The van der Waals surface area contributed by atoms with Crippen LogP contribution in [0.3, 0.4) is 0 Å². The lowest BCUT2D eigenvalue weighted by atomic mass is 10.1. The highest BCUT2D eigenvalue weighted by molar-refractivity contribution is 8.38. The average molecular weight is 412 g/mol. The predicted octanol–water partition coefficient (Wildman–Crippen LogP) is 4.12. The third-order valence-electron chi connectivity index (χ3n) is 4.23. The van der Waals surface area contributed by atoms with Gasteiger partial charge in [0.2, 0.25) is 5.91 Å². The predicted molar refractivity (Wildman–Crippen MR) is 115 cm³/mol. The summed E-state index contributed by atoms with van der Waals surface area (Å²) in [5, 5.41) is 3.75. The lowest BCUT2D eigenvalue weighted by molar-refractivity contribution is 0.0992. The van der Waals surface area contributed by atoms with Crippen molar-refractivity contribution in [1.82, 2.24) is 0 Å². The van der Waals surface area contributed by atoms with Gasteiger partial charge in [-0.05, 0) is 30.3 Å². The van der Waals surface area contributed by atoms with E-state index in [1.807, 2.05) is 24.3 Å². The van der Waals surface area contributed by atoms with Crippen molar-refractivity contribution in [3.05, 3.63) is 65.4 Å². The minimum atomic E-state index is -0.512. The van der Waals surface area contributed by atoms with Crippen molar-refractivity contribution >= 4 is 56.4 Å². The number of para-hydroxylation sites is 1. The number of nitrogens with two attached hydrogens (primary N) is 1. The second-order valence-electron chi connectivity index (χ2n) is 6.09. The zero-order chi connectivity index (χ0) is 19.5. The molecular formula is C20H17N3O3S2. The monoisotopic (exact) mass is 411 g/mol. The summed E-state index contributed by atoms with van der Waals surface area (Å²) in [6.45, 7) is 0.841. The van der Waals surface area contributed by atoms with E-state index in [2.05, 4.69) is 10.3 Å². The number of carbonyl (C=O) groups is 2. The first-order chi connectivity index (χ1) is 13.6. The highest BCUT2D eigenvalue weighted by atomic mass is 32.2. The molecule has 142 valence electrons. The van der Waals surface area contributed by atoms with Crippen LogP contribution in [0.1, 0.15) is 26.5 Å². The van der Waals surface area contributed by atoms with E-state index in [4.69, 9.17) is 10.2 Å². The lowest BCUT2D eigenvalue weighted by Crippen LogP contribution is -2.14. The number of benzene rings is 2. The van der Waals surface area contributed by atoms with Gasteiger partial charge in [-0.3, -0.25) is 14.6 Å². The molecule has 2 heterocycles. The van der Waals surface area contributed by atoms with Crippen LogP contribution >= 0.6 is 23.5 Å². The number of hydrogen-bond acceptors (Lipinski definition) is 6. The molecule has 3 N–H and O–H groups in total. The van der Waals surface area contributed by atoms with Crippen molar-refractivity contribution in [1.29, 1.82) is 0 Å². The molecule has 6 nitrogen and oxygen atoms in total. The topological polar surface area (TPSA) is 97.7 Å². The number of fused-ring (bicyclic) bond motifs is 1. The number of primary amides is 1. The first kappa shape index (κ1) is 18.6. The smallest absolute Gasteiger partial charge is 0.291 e. The number of hydrogen-bond donors (Lipinski definition) is 2. The van der Waals surface area contributed by atoms with E-state index in [9.17, 15) is 9.59 Å². The summed E-state index contributed by atoms with van der Waals surface area (Å²) < 4.78 is 6.90. The van der Waals surface area contributed by atoms with E-state index in [0.717, 1.165) is 27.6 Å². The molecule has 1 aromatic heterocycles. The van der Waals surface area contributed by atoms with Crippen LogP contribution in [0.5, 0.6) is 0 Å². The molecule has 1 aliphatic rings. The summed E-state index contributed by atoms with van der Waals surface area (Å²) >= 11 is 3.36. The third kappa shape index (κ3) is 3.93. The van der Waals surface area contributed by atoms with Crippen molar-refractivity contribution in [2.75, 3.05) is 17.6 Å². The second-order valence-corrected chi connectivity index (χ2v) is 8.39. The fraction of sp³-hybridized carbons (Fsp3) is 0.150. The lowest BCUT2D eigenvalue weighted by Gasteiger charge is -2.06. The Morgan fingerprint density at radius 2 is 1.96 bits per heavy atom. The van der Waals surface area contributed by atoms with Crippen molar-refractivity contribution in [3.8, 4) is 0 Å². The summed E-state index contributed by atoms with van der Waals surface area (Å²) in [6, 6.07) is 14.0. The van der Waals surface area contributed by atoms with Crippen LogP contribution in [-0.4, -0.2) is 28.5 Å². The Balaban J connectivity index is 1.60. The molecule has 28 heavy (non-hydrogen) atoms. The van der Waals surface area contributed by atoms with Gasteiger partial charge in [0.15, 0.2) is 5.76 Å². The highest BCUT2D eigenvalue weighted by Crippen LogP contribution is 2.33. The molecule has 0 spiro atoms.